The molecule has 2 saturated heterocycles. The molecular formula is C42H46Cl2N8O6. The zero-order valence-electron chi connectivity index (χ0n) is 33.1. The van der Waals surface area contributed by atoms with Crippen LogP contribution in [0.2, 0.25) is 10.3 Å². The number of hydrogen-bond acceptors (Lipinski definition) is 8. The van der Waals surface area contributed by atoms with E-state index < -0.39 is 24.3 Å². The highest BCUT2D eigenvalue weighted by Crippen LogP contribution is 2.55. The lowest BCUT2D eigenvalue weighted by molar-refractivity contribution is -0.137. The maximum atomic E-state index is 13.8. The van der Waals surface area contributed by atoms with Gasteiger partial charge in [0.1, 0.15) is 40.3 Å². The number of nitrogens with one attached hydrogen (secondary N) is 4. The molecule has 4 amide bonds. The summed E-state index contributed by atoms with van der Waals surface area (Å²) >= 11 is 13.4. The first-order chi connectivity index (χ1) is 27.8. The summed E-state index contributed by atoms with van der Waals surface area (Å²) in [5.41, 5.74) is 2.64. The van der Waals surface area contributed by atoms with Crippen LogP contribution >= 0.6 is 23.2 Å². The molecule has 304 valence electrons. The van der Waals surface area contributed by atoms with Gasteiger partial charge in [0.05, 0.1) is 26.3 Å². The van der Waals surface area contributed by atoms with Crippen LogP contribution in [0.25, 0.3) is 22.0 Å². The Labute approximate surface area is 346 Å². The highest BCUT2D eigenvalue weighted by atomic mass is 35.5. The summed E-state index contributed by atoms with van der Waals surface area (Å²) in [5.74, 6) is 7.68. The number of fused-ring (bicyclic) bond motifs is 3. The molecule has 2 aromatic heterocycles. The lowest BCUT2D eigenvalue weighted by atomic mass is 10.0. The van der Waals surface area contributed by atoms with Gasteiger partial charge in [0.2, 0.25) is 11.8 Å². The third kappa shape index (κ3) is 7.46. The molecule has 4 aromatic rings. The average molecular weight is 830 g/mol. The Morgan fingerprint density at radius 2 is 1.28 bits per heavy atom. The summed E-state index contributed by atoms with van der Waals surface area (Å²) in [6.45, 7) is 7.56. The Hall–Kier alpha value is -5.26. The van der Waals surface area contributed by atoms with E-state index in [0.717, 1.165) is 47.6 Å². The summed E-state index contributed by atoms with van der Waals surface area (Å²) in [4.78, 5) is 71.5. The molecule has 4 N–H and O–H groups in total. The number of likely N-dealkylation sites (tertiary alicyclic amines) is 2. The first kappa shape index (κ1) is 39.6. The van der Waals surface area contributed by atoms with Crippen LogP contribution in [0, 0.1) is 35.5 Å². The van der Waals surface area contributed by atoms with Gasteiger partial charge in [-0.25, -0.2) is 19.6 Å². The van der Waals surface area contributed by atoms with Crippen molar-refractivity contribution in [3.05, 3.63) is 69.6 Å². The van der Waals surface area contributed by atoms with Crippen molar-refractivity contribution in [3.63, 3.8) is 0 Å². The lowest BCUT2D eigenvalue weighted by Crippen LogP contribution is -2.52. The highest BCUT2D eigenvalue weighted by molar-refractivity contribution is 6.32. The molecule has 58 heavy (non-hydrogen) atoms. The molecule has 14 nitrogen and oxygen atoms in total. The zero-order chi connectivity index (χ0) is 41.2. The first-order valence-corrected chi connectivity index (χ1v) is 20.4. The highest BCUT2D eigenvalue weighted by Gasteiger charge is 2.57. The van der Waals surface area contributed by atoms with Gasteiger partial charge >= 0.3 is 12.2 Å². The van der Waals surface area contributed by atoms with Crippen LogP contribution in [0.1, 0.15) is 88.4 Å². The van der Waals surface area contributed by atoms with Gasteiger partial charge in [-0.05, 0) is 84.2 Å². The monoisotopic (exact) mass is 828 g/mol. The number of benzene rings is 2. The van der Waals surface area contributed by atoms with Crippen molar-refractivity contribution in [2.45, 2.75) is 89.6 Å². The summed E-state index contributed by atoms with van der Waals surface area (Å²) < 4.78 is 9.56. The summed E-state index contributed by atoms with van der Waals surface area (Å²) in [6, 6.07) is 10.0. The van der Waals surface area contributed by atoms with E-state index in [1.165, 1.54) is 14.2 Å². The molecule has 2 aromatic carbocycles. The predicted molar refractivity (Wildman–Crippen MR) is 217 cm³/mol. The number of hydrogen-bond donors (Lipinski definition) is 4. The second kappa shape index (κ2) is 15.5. The van der Waals surface area contributed by atoms with Gasteiger partial charge in [-0.15, -0.1) is 0 Å². The van der Waals surface area contributed by atoms with Crippen LogP contribution in [0.4, 0.5) is 9.59 Å². The zero-order valence-corrected chi connectivity index (χ0v) is 34.6. The number of aromatic amines is 2. The molecule has 1 unspecified atom stereocenters. The number of rotatable bonds is 9. The van der Waals surface area contributed by atoms with Crippen LogP contribution < -0.4 is 10.6 Å². The number of methoxy groups -OCH3 is 2. The number of alkyl carbamates (subject to hydrolysis) is 2. The number of H-pyrrole nitrogens is 2. The second-order valence-electron chi connectivity index (χ2n) is 16.4. The maximum absolute atomic E-state index is 13.8. The smallest absolute Gasteiger partial charge is 0.407 e. The minimum Gasteiger partial charge on any atom is -0.453 e. The van der Waals surface area contributed by atoms with Gasteiger partial charge in [-0.1, -0.05) is 75.0 Å². The largest absolute Gasteiger partial charge is 0.453 e. The second-order valence-corrected chi connectivity index (χ2v) is 17.2. The van der Waals surface area contributed by atoms with Crippen molar-refractivity contribution in [1.29, 1.82) is 0 Å². The van der Waals surface area contributed by atoms with Gasteiger partial charge in [-0.3, -0.25) is 9.59 Å². The molecule has 2 aliphatic heterocycles. The van der Waals surface area contributed by atoms with E-state index in [0.29, 0.717) is 40.0 Å². The van der Waals surface area contributed by atoms with Crippen LogP contribution in [0.15, 0.2) is 36.4 Å². The third-order valence-corrected chi connectivity index (χ3v) is 12.5. The molecule has 0 spiro atoms. The van der Waals surface area contributed by atoms with E-state index in [1.807, 2.05) is 73.9 Å². The molecule has 4 heterocycles. The van der Waals surface area contributed by atoms with Crippen LogP contribution in [-0.2, 0) is 19.1 Å². The Balaban J connectivity index is 0.983. The van der Waals surface area contributed by atoms with E-state index in [2.05, 4.69) is 37.4 Å². The SMILES string of the molecule is COC(=O)NC(C(=O)N1[C@@H]2C[C@@H]2C[C@H]1c1nc(-c2ccc3cc(C#Cc4[nH]c([C@@H]5C[C@H]6C[C@H]6N5C(=O)[C@@H](NC(=O)OC)C(C)C)nc4Cl)ccc3c2)c(Cl)[nH]1)C(C)C. The number of carbonyl (C=O) groups is 4. The average Bonchev–Trinajstić information content (AvgIpc) is 3.92. The number of amides is 4. The number of nitrogens with zero attached hydrogens (tertiary/aromatic N) is 4. The first-order valence-electron chi connectivity index (χ1n) is 19.7. The molecule has 2 aliphatic carbocycles. The van der Waals surface area contributed by atoms with Crippen molar-refractivity contribution in [1.82, 2.24) is 40.4 Å². The quantitative estimate of drug-likeness (QED) is 0.134. The van der Waals surface area contributed by atoms with Crippen molar-refractivity contribution in [3.8, 4) is 23.1 Å². The summed E-state index contributed by atoms with van der Waals surface area (Å²) in [5, 5.41) is 7.95. The molecule has 16 heteroatoms. The van der Waals surface area contributed by atoms with Gasteiger partial charge in [0.15, 0.2) is 5.15 Å². The van der Waals surface area contributed by atoms with Crippen molar-refractivity contribution < 1.29 is 28.7 Å². The number of halogens is 2. The van der Waals surface area contributed by atoms with Gasteiger partial charge < -0.3 is 39.9 Å². The molecule has 4 aliphatic rings. The number of aromatic nitrogens is 4. The summed E-state index contributed by atoms with van der Waals surface area (Å²) in [6.07, 6.45) is 2.08. The normalized spacial score (nSPS) is 23.8. The summed E-state index contributed by atoms with van der Waals surface area (Å²) in [7, 11) is 2.56. The molecule has 2 saturated carbocycles. The Bertz CT molecular complexity index is 2360. The van der Waals surface area contributed by atoms with E-state index in [-0.39, 0.29) is 53.0 Å². The third-order valence-electron chi connectivity index (χ3n) is 11.9. The van der Waals surface area contributed by atoms with Gasteiger partial charge in [0, 0.05) is 23.2 Å². The number of carbonyl (C=O) groups excluding carboxylic acids is 4. The molecular weight excluding hydrogens is 783 g/mol. The van der Waals surface area contributed by atoms with Crippen LogP contribution in [0.5, 0.6) is 0 Å². The molecule has 8 atom stereocenters. The minimum atomic E-state index is -0.732. The Morgan fingerprint density at radius 1 is 0.741 bits per heavy atom. The van der Waals surface area contributed by atoms with Crippen LogP contribution in [-0.4, -0.2) is 92.1 Å². The number of ether oxygens (including phenoxy) is 2. The fourth-order valence-electron chi connectivity index (χ4n) is 8.69. The van der Waals surface area contributed by atoms with E-state index in [4.69, 9.17) is 37.7 Å². The van der Waals surface area contributed by atoms with Crippen molar-refractivity contribution in [2.24, 2.45) is 23.7 Å². The Kier molecular flexibility index (Phi) is 10.6. The van der Waals surface area contributed by atoms with Crippen molar-refractivity contribution in [2.75, 3.05) is 14.2 Å². The van der Waals surface area contributed by atoms with Gasteiger partial charge in [-0.2, -0.15) is 0 Å². The topological polar surface area (TPSA) is 175 Å². The molecule has 4 fully saturated rings. The standard InChI is InChI=1S/C42H46Cl2N8O6/c1-19(2)32(47-41(55)57-5)39(53)51-28-15-25(28)17-30(51)37-45-27(35(43)49-37)12-8-21-7-9-23-14-24(11-10-22(23)13-21)34-36(44)50-38(46-34)31-18-26-16-29(26)52(31)40(54)33(20(3)4)48-42(56)58-6/h7,9-11,13-14,19-20,25-26,28-33H,15-18H2,1-6H3,(H,45,49)(H,46,50)(H,47,55)(H,48,56)/t25-,26-,28-,29-,30+,31+,32+,33?/m1/s1. The number of imidazole rings is 2. The van der Waals surface area contributed by atoms with E-state index in [1.54, 1.807) is 0 Å². The maximum Gasteiger partial charge on any atom is 0.407 e. The van der Waals surface area contributed by atoms with Gasteiger partial charge in [0.25, 0.3) is 0 Å². The molecule has 8 rings (SSSR count). The van der Waals surface area contributed by atoms with Crippen molar-refractivity contribution >= 4 is 58.0 Å². The molecule has 0 bridgehead atoms. The van der Waals surface area contributed by atoms with Crippen LogP contribution in [0.3, 0.4) is 0 Å². The van der Waals surface area contributed by atoms with E-state index >= 15 is 0 Å². The fourth-order valence-corrected chi connectivity index (χ4v) is 9.12. The lowest BCUT2D eigenvalue weighted by Gasteiger charge is -2.31. The minimum absolute atomic E-state index is 0.0977. The fraction of sp³-hybridized carbons (Fsp3) is 0.476. The predicted octanol–water partition coefficient (Wildman–Crippen LogP) is 6.74. The number of piperidine rings is 2. The van der Waals surface area contributed by atoms with E-state index in [9.17, 15) is 19.2 Å². The Morgan fingerprint density at radius 3 is 1.83 bits per heavy atom. The molecule has 0 radical (unpaired) electrons.